The maximum atomic E-state index is 6.62. The molecule has 0 saturated heterocycles. The summed E-state index contributed by atoms with van der Waals surface area (Å²) in [5.74, 6) is 0. The maximum Gasteiger partial charge on any atom is 0.254 e. The number of hydrogen-bond acceptors (Lipinski definition) is 0. The van der Waals surface area contributed by atoms with Gasteiger partial charge in [0.15, 0.2) is 0 Å². The molecule has 18 heavy (non-hydrogen) atoms. The molecule has 1 rings (SSSR count). The van der Waals surface area contributed by atoms with Crippen LogP contribution in [-0.4, -0.2) is 6.69 Å². The van der Waals surface area contributed by atoms with Crippen molar-refractivity contribution in [2.75, 3.05) is 0 Å². The second-order valence-corrected chi connectivity index (χ2v) is 12.8. The number of unbranched alkanes of at least 4 members (excludes halogenated alkanes) is 3. The van der Waals surface area contributed by atoms with Gasteiger partial charge in [0.1, 0.15) is 0 Å². The fourth-order valence-corrected chi connectivity index (χ4v) is 5.16. The molecule has 0 amide bonds. The predicted octanol–water partition coefficient (Wildman–Crippen LogP) is 6.12. The Hall–Kier alpha value is 0.0169. The first-order valence-electron chi connectivity index (χ1n) is 6.98. The molecule has 0 radical (unpaired) electrons. The Morgan fingerprint density at radius 2 is 1.72 bits per heavy atom. The lowest BCUT2D eigenvalue weighted by atomic mass is 10.1. The van der Waals surface area contributed by atoms with Gasteiger partial charge in [-0.25, -0.2) is 0 Å². The van der Waals surface area contributed by atoms with Crippen molar-refractivity contribution in [3.63, 3.8) is 0 Å². The number of benzene rings is 1. The molecule has 0 heterocycles. The highest BCUT2D eigenvalue weighted by Crippen LogP contribution is 2.37. The highest BCUT2D eigenvalue weighted by Gasteiger charge is 2.34. The molecule has 0 bridgehead atoms. The molecule has 0 aliphatic heterocycles. The van der Waals surface area contributed by atoms with E-state index >= 15 is 0 Å². The van der Waals surface area contributed by atoms with Gasteiger partial charge in [0.2, 0.25) is 0 Å². The Kier molecular flexibility index (Phi) is 7.36. The fraction of sp³-hybridized carbons (Fsp3) is 0.600. The monoisotopic (exact) mass is 302 g/mol. The molecule has 1 atom stereocenters. The Balaban J connectivity index is 2.41. The lowest BCUT2D eigenvalue weighted by Crippen LogP contribution is -2.26. The van der Waals surface area contributed by atoms with Crippen LogP contribution in [-0.2, 0) is 6.42 Å². The van der Waals surface area contributed by atoms with E-state index in [0.717, 1.165) is 12.5 Å². The summed E-state index contributed by atoms with van der Waals surface area (Å²) in [6.45, 7) is 2.34. The first-order valence-corrected chi connectivity index (χ1v) is 11.3. The minimum Gasteiger partial charge on any atom is -0.146 e. The molecule has 1 aromatic rings. The summed E-state index contributed by atoms with van der Waals surface area (Å²) in [5.41, 5.74) is 1.77. The summed E-state index contributed by atoms with van der Waals surface area (Å²) >= 11 is 13.2. The van der Waals surface area contributed by atoms with Crippen LogP contribution in [0.25, 0.3) is 0 Å². The van der Waals surface area contributed by atoms with Crippen LogP contribution in [0.4, 0.5) is 0 Å². The molecule has 1 unspecified atom stereocenters. The minimum atomic E-state index is -2.10. The van der Waals surface area contributed by atoms with E-state index in [0.29, 0.717) is 5.54 Å². The molecule has 3 heteroatoms. The number of hydrogen-bond donors (Lipinski definition) is 0. The largest absolute Gasteiger partial charge is 0.254 e. The van der Waals surface area contributed by atoms with Crippen LogP contribution in [0.3, 0.4) is 0 Å². The SMILES string of the molecule is CCCCCC[Si](Cl)(Cl)C(C)Cc1ccccc1. The van der Waals surface area contributed by atoms with Crippen LogP contribution in [0.5, 0.6) is 0 Å². The van der Waals surface area contributed by atoms with Crippen molar-refractivity contribution >= 4 is 28.9 Å². The van der Waals surface area contributed by atoms with E-state index in [9.17, 15) is 0 Å². The van der Waals surface area contributed by atoms with Crippen molar-refractivity contribution in [3.05, 3.63) is 35.9 Å². The zero-order chi connectivity index (χ0) is 13.4. The molecule has 0 nitrogen and oxygen atoms in total. The van der Waals surface area contributed by atoms with Gasteiger partial charge in [-0.05, 0) is 23.6 Å². The van der Waals surface area contributed by atoms with Gasteiger partial charge < -0.3 is 0 Å². The van der Waals surface area contributed by atoms with E-state index in [1.54, 1.807) is 0 Å². The lowest BCUT2D eigenvalue weighted by Gasteiger charge is -2.24. The zero-order valence-corrected chi connectivity index (χ0v) is 14.0. The van der Waals surface area contributed by atoms with Crippen molar-refractivity contribution < 1.29 is 0 Å². The Labute approximate surface area is 122 Å². The Morgan fingerprint density at radius 1 is 1.06 bits per heavy atom. The van der Waals surface area contributed by atoms with E-state index in [2.05, 4.69) is 38.1 Å². The van der Waals surface area contributed by atoms with E-state index in [1.807, 2.05) is 6.07 Å². The molecule has 1 aromatic carbocycles. The van der Waals surface area contributed by atoms with Gasteiger partial charge in [0, 0.05) is 0 Å². The van der Waals surface area contributed by atoms with Crippen molar-refractivity contribution in [2.45, 2.75) is 57.5 Å². The van der Waals surface area contributed by atoms with Crippen molar-refractivity contribution in [3.8, 4) is 0 Å². The molecule has 102 valence electrons. The average molecular weight is 303 g/mol. The number of rotatable bonds is 8. The van der Waals surface area contributed by atoms with Crippen molar-refractivity contribution in [1.82, 2.24) is 0 Å². The van der Waals surface area contributed by atoms with Crippen molar-refractivity contribution in [1.29, 1.82) is 0 Å². The molecule has 0 saturated carbocycles. The minimum absolute atomic E-state index is 0.421. The summed E-state index contributed by atoms with van der Waals surface area (Å²) in [6, 6.07) is 11.6. The Bertz CT molecular complexity index is 325. The highest BCUT2D eigenvalue weighted by molar-refractivity contribution is 7.46. The molecular formula is C15H24Cl2Si. The van der Waals surface area contributed by atoms with Crippen LogP contribution < -0.4 is 0 Å². The van der Waals surface area contributed by atoms with Gasteiger partial charge in [-0.2, -0.15) is 0 Å². The van der Waals surface area contributed by atoms with Gasteiger partial charge in [0.05, 0.1) is 0 Å². The van der Waals surface area contributed by atoms with E-state index in [1.165, 1.54) is 31.2 Å². The van der Waals surface area contributed by atoms with Crippen LogP contribution in [0.2, 0.25) is 11.6 Å². The maximum absolute atomic E-state index is 6.62. The molecule has 0 N–H and O–H groups in total. The first-order chi connectivity index (χ1) is 8.56. The van der Waals surface area contributed by atoms with E-state index in [4.69, 9.17) is 22.2 Å². The predicted molar refractivity (Wildman–Crippen MR) is 86.0 cm³/mol. The first kappa shape index (κ1) is 16.1. The van der Waals surface area contributed by atoms with Gasteiger partial charge in [0.25, 0.3) is 6.69 Å². The summed E-state index contributed by atoms with van der Waals surface area (Å²) < 4.78 is 0. The summed E-state index contributed by atoms with van der Waals surface area (Å²) in [7, 11) is 0. The van der Waals surface area contributed by atoms with Crippen molar-refractivity contribution in [2.24, 2.45) is 0 Å². The highest BCUT2D eigenvalue weighted by atomic mass is 35.7. The van der Waals surface area contributed by atoms with Crippen LogP contribution in [0.1, 0.15) is 45.1 Å². The third-order valence-electron chi connectivity index (χ3n) is 3.47. The molecule has 0 aliphatic carbocycles. The van der Waals surface area contributed by atoms with E-state index < -0.39 is 6.69 Å². The summed E-state index contributed by atoms with van der Waals surface area (Å²) in [6.07, 6.45) is 6.02. The fourth-order valence-electron chi connectivity index (χ4n) is 2.15. The normalized spacial score (nSPS) is 13.6. The molecule has 0 aliphatic rings. The molecule has 0 aromatic heterocycles. The van der Waals surface area contributed by atoms with Gasteiger partial charge in [-0.15, -0.1) is 22.2 Å². The third kappa shape index (κ3) is 5.77. The van der Waals surface area contributed by atoms with E-state index in [-0.39, 0.29) is 0 Å². The van der Waals surface area contributed by atoms with Crippen LogP contribution in [0.15, 0.2) is 30.3 Å². The standard InChI is InChI=1S/C15H24Cl2Si/c1-3-4-5-9-12-18(16,17)14(2)13-15-10-7-6-8-11-15/h6-8,10-11,14H,3-5,9,12-13H2,1-2H3. The van der Waals surface area contributed by atoms with Gasteiger partial charge in [-0.1, -0.05) is 69.9 Å². The third-order valence-corrected chi connectivity index (χ3v) is 9.50. The van der Waals surface area contributed by atoms with Gasteiger partial charge >= 0.3 is 0 Å². The topological polar surface area (TPSA) is 0 Å². The Morgan fingerprint density at radius 3 is 2.33 bits per heavy atom. The lowest BCUT2D eigenvalue weighted by molar-refractivity contribution is 0.695. The quantitative estimate of drug-likeness (QED) is 0.308. The molecule has 0 fully saturated rings. The average Bonchev–Trinajstić information content (AvgIpc) is 2.36. The smallest absolute Gasteiger partial charge is 0.146 e. The summed E-state index contributed by atoms with van der Waals surface area (Å²) in [5, 5.41) is 0. The van der Waals surface area contributed by atoms with Gasteiger partial charge in [-0.3, -0.25) is 0 Å². The second-order valence-electron chi connectivity index (χ2n) is 5.16. The number of halogens is 2. The second kappa shape index (κ2) is 8.24. The summed E-state index contributed by atoms with van der Waals surface area (Å²) in [4.78, 5) is 0. The zero-order valence-electron chi connectivity index (χ0n) is 11.5. The van der Waals surface area contributed by atoms with Crippen LogP contribution >= 0.6 is 22.2 Å². The molecule has 0 spiro atoms. The van der Waals surface area contributed by atoms with Crippen LogP contribution in [0, 0.1) is 0 Å². The molecular weight excluding hydrogens is 279 g/mol.